The van der Waals surface area contributed by atoms with Gasteiger partial charge in [-0.1, -0.05) is 18.3 Å². The van der Waals surface area contributed by atoms with Gasteiger partial charge in [0.15, 0.2) is 0 Å². The standard InChI is InChI=1S/C12H20F3N5S/c1-2-3-16-11-18-17-10(21-11)8-19-4-6-20(7-5-19)9-12(13,14)15/h2-9H2,1H3,(H,16,18). The minimum atomic E-state index is -4.11. The van der Waals surface area contributed by atoms with Crippen molar-refractivity contribution < 1.29 is 13.2 Å². The third-order valence-corrected chi connectivity index (χ3v) is 4.09. The lowest BCUT2D eigenvalue weighted by Crippen LogP contribution is -2.48. The van der Waals surface area contributed by atoms with Gasteiger partial charge in [0, 0.05) is 32.7 Å². The van der Waals surface area contributed by atoms with E-state index in [1.54, 1.807) is 0 Å². The smallest absolute Gasteiger partial charge is 0.360 e. The van der Waals surface area contributed by atoms with Crippen LogP contribution in [0.3, 0.4) is 0 Å². The summed E-state index contributed by atoms with van der Waals surface area (Å²) in [6.07, 6.45) is -3.09. The van der Waals surface area contributed by atoms with Gasteiger partial charge in [0.25, 0.3) is 0 Å². The van der Waals surface area contributed by atoms with Crippen LogP contribution in [0, 0.1) is 0 Å². The molecule has 0 atom stereocenters. The molecular formula is C12H20F3N5S. The summed E-state index contributed by atoms with van der Waals surface area (Å²) in [5, 5.41) is 13.1. The molecule has 1 aromatic rings. The van der Waals surface area contributed by atoms with Crippen molar-refractivity contribution in [3.63, 3.8) is 0 Å². The van der Waals surface area contributed by atoms with Crippen LogP contribution in [-0.4, -0.2) is 65.4 Å². The molecule has 0 unspecified atom stereocenters. The molecule has 21 heavy (non-hydrogen) atoms. The second kappa shape index (κ2) is 7.37. The van der Waals surface area contributed by atoms with Crippen LogP contribution in [-0.2, 0) is 6.54 Å². The largest absolute Gasteiger partial charge is 0.401 e. The van der Waals surface area contributed by atoms with Crippen LogP contribution in [0.2, 0.25) is 0 Å². The highest BCUT2D eigenvalue weighted by atomic mass is 32.1. The Labute approximate surface area is 126 Å². The van der Waals surface area contributed by atoms with E-state index in [0.29, 0.717) is 32.7 Å². The molecule has 0 spiro atoms. The molecule has 5 nitrogen and oxygen atoms in total. The Hall–Kier alpha value is -0.930. The number of nitrogens with one attached hydrogen (secondary N) is 1. The van der Waals surface area contributed by atoms with E-state index in [2.05, 4.69) is 27.3 Å². The van der Waals surface area contributed by atoms with Crippen LogP contribution in [0.4, 0.5) is 18.3 Å². The molecule has 9 heteroatoms. The van der Waals surface area contributed by atoms with Gasteiger partial charge in [-0.25, -0.2) is 0 Å². The zero-order valence-corrected chi connectivity index (χ0v) is 12.8. The molecule has 1 N–H and O–H groups in total. The molecule has 2 heterocycles. The summed E-state index contributed by atoms with van der Waals surface area (Å²) >= 11 is 1.51. The van der Waals surface area contributed by atoms with E-state index in [1.807, 2.05) is 0 Å². The highest BCUT2D eigenvalue weighted by molar-refractivity contribution is 7.15. The van der Waals surface area contributed by atoms with Crippen LogP contribution in [0.5, 0.6) is 0 Å². The van der Waals surface area contributed by atoms with Gasteiger partial charge in [-0.15, -0.1) is 10.2 Å². The first-order valence-corrected chi connectivity index (χ1v) is 7.85. The number of piperazine rings is 1. The van der Waals surface area contributed by atoms with Crippen LogP contribution in [0.15, 0.2) is 0 Å². The van der Waals surface area contributed by atoms with Crippen LogP contribution in [0.1, 0.15) is 18.4 Å². The fraction of sp³-hybridized carbons (Fsp3) is 0.833. The molecule has 2 rings (SSSR count). The monoisotopic (exact) mass is 323 g/mol. The quantitative estimate of drug-likeness (QED) is 0.868. The first-order chi connectivity index (χ1) is 9.96. The van der Waals surface area contributed by atoms with Crippen molar-refractivity contribution in [2.24, 2.45) is 0 Å². The average molecular weight is 323 g/mol. The summed E-state index contributed by atoms with van der Waals surface area (Å²) in [6.45, 7) is 4.94. The highest BCUT2D eigenvalue weighted by Crippen LogP contribution is 2.20. The number of hydrogen-bond acceptors (Lipinski definition) is 6. The number of hydrogen-bond donors (Lipinski definition) is 1. The van der Waals surface area contributed by atoms with Gasteiger partial charge < -0.3 is 5.32 Å². The molecule has 0 bridgehead atoms. The Bertz CT molecular complexity index is 429. The summed E-state index contributed by atoms with van der Waals surface area (Å²) in [4.78, 5) is 3.57. The second-order valence-electron chi connectivity index (χ2n) is 5.10. The molecule has 1 aliphatic rings. The number of alkyl halides is 3. The van der Waals surface area contributed by atoms with E-state index < -0.39 is 12.7 Å². The van der Waals surface area contributed by atoms with E-state index in [4.69, 9.17) is 0 Å². The summed E-state index contributed by atoms with van der Waals surface area (Å²) in [5.74, 6) is 0. The highest BCUT2D eigenvalue weighted by Gasteiger charge is 2.32. The molecular weight excluding hydrogens is 303 g/mol. The summed E-state index contributed by atoms with van der Waals surface area (Å²) in [6, 6.07) is 0. The SMILES string of the molecule is CCCNc1nnc(CN2CCN(CC(F)(F)F)CC2)s1. The molecule has 0 amide bonds. The van der Waals surface area contributed by atoms with Gasteiger partial charge in [0.2, 0.25) is 5.13 Å². The minimum absolute atomic E-state index is 0.444. The van der Waals surface area contributed by atoms with Crippen molar-refractivity contribution in [1.82, 2.24) is 20.0 Å². The topological polar surface area (TPSA) is 44.3 Å². The number of nitrogens with zero attached hydrogens (tertiary/aromatic N) is 4. The Morgan fingerprint density at radius 2 is 1.81 bits per heavy atom. The maximum absolute atomic E-state index is 12.3. The van der Waals surface area contributed by atoms with Crippen molar-refractivity contribution in [1.29, 1.82) is 0 Å². The number of halogens is 3. The lowest BCUT2D eigenvalue weighted by atomic mass is 10.3. The fourth-order valence-corrected chi connectivity index (χ4v) is 2.98. The van der Waals surface area contributed by atoms with Gasteiger partial charge in [-0.3, -0.25) is 9.80 Å². The van der Waals surface area contributed by atoms with Gasteiger partial charge in [0.05, 0.1) is 13.1 Å². The Kier molecular flexibility index (Phi) is 5.77. The molecule has 120 valence electrons. The first-order valence-electron chi connectivity index (χ1n) is 7.04. The molecule has 1 saturated heterocycles. The van der Waals surface area contributed by atoms with E-state index >= 15 is 0 Å². The Morgan fingerprint density at radius 3 is 2.43 bits per heavy atom. The zero-order chi connectivity index (χ0) is 15.3. The number of rotatable bonds is 6. The van der Waals surface area contributed by atoms with Crippen LogP contribution in [0.25, 0.3) is 0 Å². The predicted octanol–water partition coefficient (Wildman–Crippen LogP) is 2.04. The summed E-state index contributed by atoms with van der Waals surface area (Å²) in [5.41, 5.74) is 0. The molecule has 0 saturated carbocycles. The summed E-state index contributed by atoms with van der Waals surface area (Å²) in [7, 11) is 0. The summed E-state index contributed by atoms with van der Waals surface area (Å²) < 4.78 is 36.9. The van der Waals surface area contributed by atoms with Gasteiger partial charge >= 0.3 is 6.18 Å². The molecule has 1 aromatic heterocycles. The van der Waals surface area contributed by atoms with Crippen LogP contribution < -0.4 is 5.32 Å². The van der Waals surface area contributed by atoms with E-state index in [9.17, 15) is 13.2 Å². The second-order valence-corrected chi connectivity index (χ2v) is 6.16. The van der Waals surface area contributed by atoms with Gasteiger partial charge in [-0.05, 0) is 6.42 Å². The lowest BCUT2D eigenvalue weighted by molar-refractivity contribution is -0.149. The van der Waals surface area contributed by atoms with Gasteiger partial charge in [-0.2, -0.15) is 13.2 Å². The molecule has 0 radical (unpaired) electrons. The molecule has 1 fully saturated rings. The number of anilines is 1. The van der Waals surface area contributed by atoms with E-state index in [0.717, 1.165) is 23.1 Å². The van der Waals surface area contributed by atoms with E-state index in [1.165, 1.54) is 16.2 Å². The zero-order valence-electron chi connectivity index (χ0n) is 12.0. The maximum atomic E-state index is 12.3. The van der Waals surface area contributed by atoms with Crippen molar-refractivity contribution in [2.75, 3.05) is 44.6 Å². The van der Waals surface area contributed by atoms with Crippen molar-refractivity contribution in [3.05, 3.63) is 5.01 Å². The fourth-order valence-electron chi connectivity index (χ4n) is 2.17. The normalized spacial score (nSPS) is 18.1. The van der Waals surface area contributed by atoms with Crippen molar-refractivity contribution in [2.45, 2.75) is 26.1 Å². The third-order valence-electron chi connectivity index (χ3n) is 3.22. The molecule has 0 aromatic carbocycles. The van der Waals surface area contributed by atoms with Crippen molar-refractivity contribution in [3.8, 4) is 0 Å². The Morgan fingerprint density at radius 1 is 1.14 bits per heavy atom. The number of aromatic nitrogens is 2. The predicted molar refractivity (Wildman–Crippen MR) is 76.5 cm³/mol. The lowest BCUT2D eigenvalue weighted by Gasteiger charge is -2.34. The Balaban J connectivity index is 1.74. The van der Waals surface area contributed by atoms with Gasteiger partial charge in [0.1, 0.15) is 5.01 Å². The molecule has 1 aliphatic heterocycles. The average Bonchev–Trinajstić information content (AvgIpc) is 2.85. The minimum Gasteiger partial charge on any atom is -0.360 e. The van der Waals surface area contributed by atoms with E-state index in [-0.39, 0.29) is 0 Å². The maximum Gasteiger partial charge on any atom is 0.401 e. The molecule has 0 aliphatic carbocycles. The third kappa shape index (κ3) is 5.76. The first kappa shape index (κ1) is 16.4. The van der Waals surface area contributed by atoms with Crippen LogP contribution >= 0.6 is 11.3 Å². The van der Waals surface area contributed by atoms with Crippen molar-refractivity contribution >= 4 is 16.5 Å².